The number of hydrogen-bond acceptors (Lipinski definition) is 1. The van der Waals surface area contributed by atoms with Crippen molar-refractivity contribution in [1.82, 2.24) is 0 Å². The van der Waals surface area contributed by atoms with Gasteiger partial charge in [0, 0.05) is 7.11 Å². The predicted molar refractivity (Wildman–Crippen MR) is 56.9 cm³/mol. The molecule has 0 unspecified atom stereocenters. The van der Waals surface area contributed by atoms with Gasteiger partial charge in [0.2, 0.25) is 0 Å². The van der Waals surface area contributed by atoms with E-state index >= 15 is 0 Å². The third-order valence-corrected chi connectivity index (χ3v) is 3.19. The van der Waals surface area contributed by atoms with Gasteiger partial charge in [0.05, 0.1) is 5.60 Å². The number of unbranched alkanes of at least 4 members (excludes halogenated alkanes) is 2. The second kappa shape index (κ2) is 5.43. The predicted octanol–water partition coefficient (Wildman–Crippen LogP) is 3.69. The van der Waals surface area contributed by atoms with E-state index in [1.807, 2.05) is 7.11 Å². The zero-order valence-corrected chi connectivity index (χ0v) is 9.01. The molecule has 0 atom stereocenters. The van der Waals surface area contributed by atoms with E-state index in [1.54, 1.807) is 0 Å². The van der Waals surface area contributed by atoms with Crippen LogP contribution in [0.2, 0.25) is 0 Å². The average molecular weight is 182 g/mol. The third kappa shape index (κ3) is 3.15. The Morgan fingerprint density at radius 2 is 2.08 bits per heavy atom. The first kappa shape index (κ1) is 10.8. The Labute approximate surface area is 82.2 Å². The van der Waals surface area contributed by atoms with Crippen LogP contribution in [-0.4, -0.2) is 12.7 Å². The lowest BCUT2D eigenvalue weighted by atomic mass is 9.76. The van der Waals surface area contributed by atoms with E-state index in [-0.39, 0.29) is 5.60 Å². The summed E-state index contributed by atoms with van der Waals surface area (Å²) in [7, 11) is 1.87. The summed E-state index contributed by atoms with van der Waals surface area (Å²) in [4.78, 5) is 0. The summed E-state index contributed by atoms with van der Waals surface area (Å²) in [6.07, 6.45) is 13.4. The van der Waals surface area contributed by atoms with Gasteiger partial charge in [0.25, 0.3) is 0 Å². The SMILES string of the molecule is C/C=C/CCCCC1(OC)CCC1. The molecule has 1 aliphatic rings. The van der Waals surface area contributed by atoms with E-state index in [0.29, 0.717) is 0 Å². The quantitative estimate of drug-likeness (QED) is 0.449. The van der Waals surface area contributed by atoms with Crippen LogP contribution in [0.15, 0.2) is 12.2 Å². The van der Waals surface area contributed by atoms with E-state index in [2.05, 4.69) is 19.1 Å². The molecule has 1 fully saturated rings. The molecule has 13 heavy (non-hydrogen) atoms. The summed E-state index contributed by atoms with van der Waals surface area (Å²) in [5, 5.41) is 0. The molecular weight excluding hydrogens is 160 g/mol. The molecule has 1 aliphatic carbocycles. The minimum absolute atomic E-state index is 0.288. The highest BCUT2D eigenvalue weighted by Gasteiger charge is 2.35. The molecule has 0 spiro atoms. The van der Waals surface area contributed by atoms with Gasteiger partial charge in [-0.25, -0.2) is 0 Å². The van der Waals surface area contributed by atoms with Crippen molar-refractivity contribution in [1.29, 1.82) is 0 Å². The Bertz CT molecular complexity index is 151. The molecule has 0 bridgehead atoms. The smallest absolute Gasteiger partial charge is 0.0678 e. The molecule has 0 heterocycles. The lowest BCUT2D eigenvalue weighted by Gasteiger charge is -2.40. The van der Waals surface area contributed by atoms with Crippen LogP contribution in [0.5, 0.6) is 0 Å². The van der Waals surface area contributed by atoms with Gasteiger partial charge in [-0.1, -0.05) is 18.6 Å². The van der Waals surface area contributed by atoms with Gasteiger partial charge < -0.3 is 4.74 Å². The summed E-state index contributed by atoms with van der Waals surface area (Å²) in [6.45, 7) is 2.09. The topological polar surface area (TPSA) is 9.23 Å². The first-order valence-corrected chi connectivity index (χ1v) is 5.49. The van der Waals surface area contributed by atoms with Crippen molar-refractivity contribution >= 4 is 0 Å². The van der Waals surface area contributed by atoms with Gasteiger partial charge in [-0.05, 0) is 45.4 Å². The molecule has 1 heteroatoms. The molecule has 0 aromatic heterocycles. The highest BCUT2D eigenvalue weighted by atomic mass is 16.5. The summed E-state index contributed by atoms with van der Waals surface area (Å²) in [5.41, 5.74) is 0.288. The van der Waals surface area contributed by atoms with Gasteiger partial charge in [-0.2, -0.15) is 0 Å². The van der Waals surface area contributed by atoms with Gasteiger partial charge >= 0.3 is 0 Å². The molecule has 0 aromatic rings. The molecular formula is C12H22O. The maximum Gasteiger partial charge on any atom is 0.0678 e. The third-order valence-electron chi connectivity index (χ3n) is 3.19. The molecule has 0 radical (unpaired) electrons. The van der Waals surface area contributed by atoms with Crippen LogP contribution in [-0.2, 0) is 4.74 Å². The minimum atomic E-state index is 0.288. The number of ether oxygens (including phenoxy) is 1. The second-order valence-corrected chi connectivity index (χ2v) is 4.06. The minimum Gasteiger partial charge on any atom is -0.378 e. The molecule has 0 aliphatic heterocycles. The Balaban J connectivity index is 2.04. The van der Waals surface area contributed by atoms with Crippen LogP contribution in [0.1, 0.15) is 51.9 Å². The number of hydrogen-bond donors (Lipinski definition) is 0. The van der Waals surface area contributed by atoms with Crippen molar-refractivity contribution < 1.29 is 4.74 Å². The maximum atomic E-state index is 5.56. The molecule has 1 rings (SSSR count). The molecule has 0 N–H and O–H groups in total. The van der Waals surface area contributed by atoms with Crippen LogP contribution in [0.3, 0.4) is 0 Å². The van der Waals surface area contributed by atoms with Crippen molar-refractivity contribution in [2.75, 3.05) is 7.11 Å². The lowest BCUT2D eigenvalue weighted by Crippen LogP contribution is -2.38. The summed E-state index contributed by atoms with van der Waals surface area (Å²) >= 11 is 0. The lowest BCUT2D eigenvalue weighted by molar-refractivity contribution is -0.0788. The molecule has 1 nitrogen and oxygen atoms in total. The van der Waals surface area contributed by atoms with Crippen LogP contribution in [0, 0.1) is 0 Å². The normalized spacial score (nSPS) is 20.5. The molecule has 0 amide bonds. The van der Waals surface area contributed by atoms with E-state index in [4.69, 9.17) is 4.74 Å². The molecule has 0 aromatic carbocycles. The fourth-order valence-corrected chi connectivity index (χ4v) is 2.00. The zero-order valence-electron chi connectivity index (χ0n) is 9.01. The van der Waals surface area contributed by atoms with Gasteiger partial charge in [-0.3, -0.25) is 0 Å². The van der Waals surface area contributed by atoms with Crippen LogP contribution in [0.25, 0.3) is 0 Å². The number of rotatable bonds is 6. The first-order valence-electron chi connectivity index (χ1n) is 5.49. The van der Waals surface area contributed by atoms with Crippen molar-refractivity contribution in [2.45, 2.75) is 57.5 Å². The van der Waals surface area contributed by atoms with Gasteiger partial charge in [0.1, 0.15) is 0 Å². The Morgan fingerprint density at radius 1 is 1.31 bits per heavy atom. The van der Waals surface area contributed by atoms with Crippen molar-refractivity contribution in [3.8, 4) is 0 Å². The Kier molecular flexibility index (Phi) is 4.51. The van der Waals surface area contributed by atoms with E-state index in [9.17, 15) is 0 Å². The van der Waals surface area contributed by atoms with Crippen molar-refractivity contribution in [2.24, 2.45) is 0 Å². The highest BCUT2D eigenvalue weighted by Crippen LogP contribution is 2.39. The monoisotopic (exact) mass is 182 g/mol. The summed E-state index contributed by atoms with van der Waals surface area (Å²) < 4.78 is 5.56. The largest absolute Gasteiger partial charge is 0.378 e. The van der Waals surface area contributed by atoms with Crippen molar-refractivity contribution in [3.63, 3.8) is 0 Å². The Hall–Kier alpha value is -0.300. The number of allylic oxidation sites excluding steroid dienone is 2. The van der Waals surface area contributed by atoms with Gasteiger partial charge in [0.15, 0.2) is 0 Å². The number of methoxy groups -OCH3 is 1. The van der Waals surface area contributed by atoms with E-state index in [0.717, 1.165) is 0 Å². The fraction of sp³-hybridized carbons (Fsp3) is 0.833. The van der Waals surface area contributed by atoms with Crippen molar-refractivity contribution in [3.05, 3.63) is 12.2 Å². The van der Waals surface area contributed by atoms with E-state index < -0.39 is 0 Å². The Morgan fingerprint density at radius 3 is 2.54 bits per heavy atom. The van der Waals surface area contributed by atoms with Crippen LogP contribution >= 0.6 is 0 Å². The summed E-state index contributed by atoms with van der Waals surface area (Å²) in [6, 6.07) is 0. The highest BCUT2D eigenvalue weighted by molar-refractivity contribution is 4.89. The average Bonchev–Trinajstić information content (AvgIpc) is 2.09. The molecule has 0 saturated heterocycles. The standard InChI is InChI=1S/C12H22O/c1-3-4-5-6-7-9-12(13-2)10-8-11-12/h3-4H,5-11H2,1-2H3/b4-3+. The molecule has 1 saturated carbocycles. The van der Waals surface area contributed by atoms with E-state index in [1.165, 1.54) is 44.9 Å². The van der Waals surface area contributed by atoms with Gasteiger partial charge in [-0.15, -0.1) is 0 Å². The second-order valence-electron chi connectivity index (χ2n) is 4.06. The van der Waals surface area contributed by atoms with Crippen LogP contribution < -0.4 is 0 Å². The first-order chi connectivity index (χ1) is 6.33. The fourth-order valence-electron chi connectivity index (χ4n) is 2.00. The maximum absolute atomic E-state index is 5.56. The zero-order chi connectivity index (χ0) is 9.57. The van der Waals surface area contributed by atoms with Crippen LogP contribution in [0.4, 0.5) is 0 Å². The molecule has 76 valence electrons. The summed E-state index contributed by atoms with van der Waals surface area (Å²) in [5.74, 6) is 0.